The first-order chi connectivity index (χ1) is 12.6. The normalized spacial score (nSPS) is 18.4. The number of aliphatic hydroxyl groups is 1. The van der Waals surface area contributed by atoms with Gasteiger partial charge in [0, 0.05) is 36.1 Å². The number of ether oxygens (including phenoxy) is 2. The molecule has 142 valence electrons. The summed E-state index contributed by atoms with van der Waals surface area (Å²) in [5, 5.41) is 13.3. The highest BCUT2D eigenvalue weighted by molar-refractivity contribution is 7.10. The molecule has 0 bridgehead atoms. The summed E-state index contributed by atoms with van der Waals surface area (Å²) < 4.78 is 11.5. The van der Waals surface area contributed by atoms with Crippen molar-refractivity contribution in [2.45, 2.75) is 38.5 Å². The molecule has 3 rings (SSSR count). The number of hydrogen-bond donors (Lipinski definition) is 1. The topological polar surface area (TPSA) is 41.9 Å². The maximum Gasteiger partial charge on any atom is 0.119 e. The van der Waals surface area contributed by atoms with E-state index in [9.17, 15) is 5.11 Å². The summed E-state index contributed by atoms with van der Waals surface area (Å²) >= 11 is 7.65. The quantitative estimate of drug-likeness (QED) is 0.693. The molecular formula is C20H26ClNO3S. The van der Waals surface area contributed by atoms with Gasteiger partial charge < -0.3 is 14.6 Å². The summed E-state index contributed by atoms with van der Waals surface area (Å²) in [6, 6.07) is 9.34. The molecule has 1 fully saturated rings. The van der Waals surface area contributed by atoms with Gasteiger partial charge in [-0.2, -0.15) is 0 Å². The van der Waals surface area contributed by atoms with Crippen LogP contribution in [0.4, 0.5) is 0 Å². The van der Waals surface area contributed by atoms with Crippen molar-refractivity contribution in [2.24, 2.45) is 0 Å². The molecular weight excluding hydrogens is 370 g/mol. The SMILES string of the molecule is Cc1ccsc1CN(CC(O)COc1ccc(Cl)cc1)CC1CCCO1. The Kier molecular flexibility index (Phi) is 7.34. The molecule has 2 unspecified atom stereocenters. The minimum absolute atomic E-state index is 0.257. The van der Waals surface area contributed by atoms with E-state index in [2.05, 4.69) is 23.3 Å². The first-order valence-electron chi connectivity index (χ1n) is 9.03. The molecule has 0 radical (unpaired) electrons. The zero-order chi connectivity index (χ0) is 18.4. The number of rotatable bonds is 9. The number of aryl methyl sites for hydroxylation is 1. The molecule has 0 saturated carbocycles. The molecule has 1 saturated heterocycles. The van der Waals surface area contributed by atoms with Crippen LogP contribution in [0, 0.1) is 6.92 Å². The lowest BCUT2D eigenvalue weighted by Crippen LogP contribution is -2.39. The van der Waals surface area contributed by atoms with E-state index in [1.165, 1.54) is 10.4 Å². The number of halogens is 1. The minimum atomic E-state index is -0.563. The van der Waals surface area contributed by atoms with Gasteiger partial charge in [-0.1, -0.05) is 11.6 Å². The van der Waals surface area contributed by atoms with Crippen LogP contribution in [0.15, 0.2) is 35.7 Å². The van der Waals surface area contributed by atoms with Crippen LogP contribution in [0.3, 0.4) is 0 Å². The number of thiophene rings is 1. The number of hydrogen-bond acceptors (Lipinski definition) is 5. The summed E-state index contributed by atoms with van der Waals surface area (Å²) in [5.41, 5.74) is 1.30. The molecule has 0 amide bonds. The first-order valence-corrected chi connectivity index (χ1v) is 10.3. The largest absolute Gasteiger partial charge is 0.491 e. The van der Waals surface area contributed by atoms with Gasteiger partial charge in [0.2, 0.25) is 0 Å². The molecule has 1 aliphatic rings. The molecule has 2 heterocycles. The molecule has 4 nitrogen and oxygen atoms in total. The molecule has 0 aliphatic carbocycles. The smallest absolute Gasteiger partial charge is 0.119 e. The van der Waals surface area contributed by atoms with Crippen LogP contribution in [0.25, 0.3) is 0 Å². The maximum atomic E-state index is 10.5. The van der Waals surface area contributed by atoms with Crippen molar-refractivity contribution in [1.29, 1.82) is 0 Å². The molecule has 1 aliphatic heterocycles. The molecule has 26 heavy (non-hydrogen) atoms. The van der Waals surface area contributed by atoms with Crippen LogP contribution in [0.1, 0.15) is 23.3 Å². The van der Waals surface area contributed by atoms with Gasteiger partial charge in [0.25, 0.3) is 0 Å². The van der Waals surface area contributed by atoms with Crippen LogP contribution in [0.2, 0.25) is 5.02 Å². The predicted octanol–water partition coefficient (Wildman–Crippen LogP) is 4.13. The van der Waals surface area contributed by atoms with Crippen molar-refractivity contribution in [1.82, 2.24) is 4.90 Å². The standard InChI is InChI=1S/C20H26ClNO3S/c1-15-8-10-26-20(15)13-22(12-19-3-2-9-24-19)11-17(23)14-25-18-6-4-16(21)5-7-18/h4-8,10,17,19,23H,2-3,9,11-14H2,1H3. The van der Waals surface area contributed by atoms with E-state index < -0.39 is 6.10 Å². The van der Waals surface area contributed by atoms with E-state index >= 15 is 0 Å². The van der Waals surface area contributed by atoms with Crippen molar-refractivity contribution >= 4 is 22.9 Å². The van der Waals surface area contributed by atoms with Crippen LogP contribution in [-0.4, -0.2) is 48.5 Å². The molecule has 0 spiro atoms. The summed E-state index contributed by atoms with van der Waals surface area (Å²) in [7, 11) is 0. The second-order valence-corrected chi connectivity index (χ2v) is 8.21. The lowest BCUT2D eigenvalue weighted by molar-refractivity contribution is 0.0316. The Morgan fingerprint density at radius 2 is 2.15 bits per heavy atom. The van der Waals surface area contributed by atoms with Gasteiger partial charge in [-0.15, -0.1) is 11.3 Å². The Labute approximate surface area is 164 Å². The Bertz CT molecular complexity index is 670. The number of benzene rings is 1. The third kappa shape index (κ3) is 5.96. The molecule has 6 heteroatoms. The van der Waals surface area contributed by atoms with E-state index in [4.69, 9.17) is 21.1 Å². The minimum Gasteiger partial charge on any atom is -0.491 e. The third-order valence-corrected chi connectivity index (χ3v) is 5.81. The van der Waals surface area contributed by atoms with E-state index in [0.29, 0.717) is 17.3 Å². The number of aliphatic hydroxyl groups excluding tert-OH is 1. The molecule has 2 aromatic rings. The summed E-state index contributed by atoms with van der Waals surface area (Å²) in [5.74, 6) is 0.716. The average molecular weight is 396 g/mol. The fourth-order valence-corrected chi connectivity index (χ4v) is 4.20. The highest BCUT2D eigenvalue weighted by atomic mass is 35.5. The second-order valence-electron chi connectivity index (χ2n) is 6.77. The lowest BCUT2D eigenvalue weighted by atomic mass is 10.2. The summed E-state index contributed by atoms with van der Waals surface area (Å²) in [4.78, 5) is 3.62. The predicted molar refractivity (Wildman–Crippen MR) is 106 cm³/mol. The Balaban J connectivity index is 1.54. The van der Waals surface area contributed by atoms with E-state index in [0.717, 1.165) is 32.5 Å². The highest BCUT2D eigenvalue weighted by Crippen LogP contribution is 2.21. The average Bonchev–Trinajstić information content (AvgIpc) is 3.27. The Morgan fingerprint density at radius 1 is 1.35 bits per heavy atom. The monoisotopic (exact) mass is 395 g/mol. The lowest BCUT2D eigenvalue weighted by Gasteiger charge is -2.27. The zero-order valence-corrected chi connectivity index (χ0v) is 16.6. The zero-order valence-electron chi connectivity index (χ0n) is 15.1. The Morgan fingerprint density at radius 3 is 2.81 bits per heavy atom. The van der Waals surface area contributed by atoms with Gasteiger partial charge in [0.15, 0.2) is 0 Å². The van der Waals surface area contributed by atoms with Gasteiger partial charge in [-0.3, -0.25) is 4.90 Å². The molecule has 2 atom stereocenters. The van der Waals surface area contributed by atoms with Crippen molar-refractivity contribution in [2.75, 3.05) is 26.3 Å². The number of nitrogens with zero attached hydrogens (tertiary/aromatic N) is 1. The van der Waals surface area contributed by atoms with Crippen molar-refractivity contribution < 1.29 is 14.6 Å². The van der Waals surface area contributed by atoms with Crippen LogP contribution in [0.5, 0.6) is 5.75 Å². The van der Waals surface area contributed by atoms with Gasteiger partial charge >= 0.3 is 0 Å². The molecule has 1 N–H and O–H groups in total. The fraction of sp³-hybridized carbons (Fsp3) is 0.500. The van der Waals surface area contributed by atoms with Gasteiger partial charge in [0.05, 0.1) is 6.10 Å². The van der Waals surface area contributed by atoms with E-state index in [-0.39, 0.29) is 12.7 Å². The van der Waals surface area contributed by atoms with Crippen molar-refractivity contribution in [3.8, 4) is 5.75 Å². The highest BCUT2D eigenvalue weighted by Gasteiger charge is 2.22. The fourth-order valence-electron chi connectivity index (χ4n) is 3.12. The summed E-state index contributed by atoms with van der Waals surface area (Å²) in [6.07, 6.45) is 1.92. The van der Waals surface area contributed by atoms with Crippen molar-refractivity contribution in [3.63, 3.8) is 0 Å². The maximum absolute atomic E-state index is 10.5. The van der Waals surface area contributed by atoms with Gasteiger partial charge in [-0.25, -0.2) is 0 Å². The Hall–Kier alpha value is -1.11. The molecule has 1 aromatic carbocycles. The van der Waals surface area contributed by atoms with Crippen LogP contribution >= 0.6 is 22.9 Å². The molecule has 1 aromatic heterocycles. The van der Waals surface area contributed by atoms with Crippen molar-refractivity contribution in [3.05, 3.63) is 51.2 Å². The van der Waals surface area contributed by atoms with E-state index in [1.807, 2.05) is 12.1 Å². The van der Waals surface area contributed by atoms with Crippen LogP contribution in [-0.2, 0) is 11.3 Å². The van der Waals surface area contributed by atoms with Gasteiger partial charge in [-0.05, 0) is 61.0 Å². The third-order valence-electron chi connectivity index (χ3n) is 4.55. The first kappa shape index (κ1) is 19.6. The second kappa shape index (κ2) is 9.72. The van der Waals surface area contributed by atoms with Gasteiger partial charge in [0.1, 0.15) is 18.5 Å². The van der Waals surface area contributed by atoms with Crippen LogP contribution < -0.4 is 4.74 Å². The van der Waals surface area contributed by atoms with E-state index in [1.54, 1.807) is 23.5 Å². The summed E-state index contributed by atoms with van der Waals surface area (Å²) in [6.45, 7) is 5.48.